The predicted molar refractivity (Wildman–Crippen MR) is 114 cm³/mol. The molecule has 4 rings (SSSR count). The molecule has 8 nitrogen and oxygen atoms in total. The monoisotopic (exact) mass is 406 g/mol. The lowest BCUT2D eigenvalue weighted by Gasteiger charge is -2.13. The van der Waals surface area contributed by atoms with E-state index in [2.05, 4.69) is 10.4 Å². The van der Waals surface area contributed by atoms with Gasteiger partial charge in [0.25, 0.3) is 5.95 Å². The molecule has 2 heterocycles. The maximum atomic E-state index is 12.5. The molecule has 8 heteroatoms. The van der Waals surface area contributed by atoms with Crippen molar-refractivity contribution in [1.82, 2.24) is 9.78 Å². The minimum absolute atomic E-state index is 0.170. The summed E-state index contributed by atoms with van der Waals surface area (Å²) in [6, 6.07) is 14.7. The highest BCUT2D eigenvalue weighted by Gasteiger charge is 2.17. The lowest BCUT2D eigenvalue weighted by Crippen LogP contribution is -2.17. The normalized spacial score (nSPS) is 10.9. The van der Waals surface area contributed by atoms with Gasteiger partial charge in [-0.15, -0.1) is 0 Å². The Balaban J connectivity index is 1.57. The molecule has 0 radical (unpaired) electrons. The van der Waals surface area contributed by atoms with Gasteiger partial charge in [-0.3, -0.25) is 10.00 Å². The molecule has 0 atom stereocenters. The maximum absolute atomic E-state index is 12.5. The Kier molecular flexibility index (Phi) is 5.40. The number of rotatable bonds is 6. The largest absolute Gasteiger partial charge is 0.492 e. The second kappa shape index (κ2) is 8.30. The first kappa shape index (κ1) is 19.5. The number of furan rings is 1. The van der Waals surface area contributed by atoms with Crippen LogP contribution in [0.3, 0.4) is 0 Å². The third kappa shape index (κ3) is 3.85. The van der Waals surface area contributed by atoms with E-state index in [0.717, 1.165) is 22.2 Å². The number of nitrogens with zero attached hydrogens (tertiary/aromatic N) is 2. The molecule has 0 aliphatic heterocycles. The number of ether oxygens (including phenoxy) is 2. The zero-order chi connectivity index (χ0) is 21.1. The predicted octanol–water partition coefficient (Wildman–Crippen LogP) is 4.09. The average molecular weight is 406 g/mol. The van der Waals surface area contributed by atoms with Gasteiger partial charge in [-0.25, -0.2) is 4.79 Å². The van der Waals surface area contributed by atoms with Gasteiger partial charge >= 0.3 is 6.09 Å². The first-order valence-electron chi connectivity index (χ1n) is 9.49. The van der Waals surface area contributed by atoms with Gasteiger partial charge < -0.3 is 19.6 Å². The van der Waals surface area contributed by atoms with Gasteiger partial charge in [-0.2, -0.15) is 5.10 Å². The highest BCUT2D eigenvalue weighted by molar-refractivity contribution is 5.89. The average Bonchev–Trinajstić information content (AvgIpc) is 3.30. The molecular formula is C22H22N4O4. The number of benzene rings is 2. The molecule has 0 bridgehead atoms. The smallest absolute Gasteiger partial charge is 0.419 e. The van der Waals surface area contributed by atoms with Crippen LogP contribution in [0.25, 0.3) is 22.2 Å². The zero-order valence-corrected chi connectivity index (χ0v) is 16.7. The summed E-state index contributed by atoms with van der Waals surface area (Å²) >= 11 is 0. The Bertz CT molecular complexity index is 1200. The maximum Gasteiger partial charge on any atom is 0.419 e. The van der Waals surface area contributed by atoms with Crippen LogP contribution in [0.1, 0.15) is 5.56 Å². The lowest BCUT2D eigenvalue weighted by atomic mass is 10.1. The van der Waals surface area contributed by atoms with E-state index < -0.39 is 6.09 Å². The van der Waals surface area contributed by atoms with Crippen LogP contribution in [0.4, 0.5) is 10.5 Å². The van der Waals surface area contributed by atoms with Crippen LogP contribution in [-0.4, -0.2) is 29.0 Å². The fraction of sp³-hybridized carbons (Fsp3) is 0.182. The third-order valence-electron chi connectivity index (χ3n) is 4.68. The molecule has 0 unspecified atom stereocenters. The van der Waals surface area contributed by atoms with Crippen molar-refractivity contribution in [2.75, 3.05) is 18.5 Å². The topological polar surface area (TPSA) is 105 Å². The molecular weight excluding hydrogens is 384 g/mol. The van der Waals surface area contributed by atoms with Crippen LogP contribution in [0.2, 0.25) is 0 Å². The number of para-hydroxylation sites is 1. The molecule has 154 valence electrons. The second-order valence-corrected chi connectivity index (χ2v) is 6.71. The molecule has 0 aliphatic rings. The molecule has 0 spiro atoms. The van der Waals surface area contributed by atoms with E-state index in [4.69, 9.17) is 19.6 Å². The van der Waals surface area contributed by atoms with Crippen molar-refractivity contribution < 1.29 is 18.7 Å². The molecule has 0 saturated carbocycles. The molecule has 0 saturated heterocycles. The van der Waals surface area contributed by atoms with Crippen molar-refractivity contribution in [3.8, 4) is 23.0 Å². The van der Waals surface area contributed by atoms with Gasteiger partial charge in [-0.1, -0.05) is 18.2 Å². The van der Waals surface area contributed by atoms with Crippen LogP contribution >= 0.6 is 0 Å². The number of amides is 1. The number of aryl methyl sites for hydroxylation is 2. The summed E-state index contributed by atoms with van der Waals surface area (Å²) < 4.78 is 18.5. The molecule has 0 fully saturated rings. The van der Waals surface area contributed by atoms with Crippen molar-refractivity contribution in [3.05, 3.63) is 60.3 Å². The molecule has 0 aliphatic carbocycles. The number of anilines is 1. The molecule has 1 amide bonds. The fourth-order valence-corrected chi connectivity index (χ4v) is 3.22. The van der Waals surface area contributed by atoms with Crippen molar-refractivity contribution in [2.45, 2.75) is 6.92 Å². The van der Waals surface area contributed by atoms with Crippen molar-refractivity contribution in [1.29, 1.82) is 0 Å². The number of hydrogen-bond donors (Lipinski definition) is 2. The van der Waals surface area contributed by atoms with Crippen molar-refractivity contribution in [3.63, 3.8) is 0 Å². The summed E-state index contributed by atoms with van der Waals surface area (Å²) in [6.07, 6.45) is 1.05. The van der Waals surface area contributed by atoms with E-state index in [9.17, 15) is 4.79 Å². The molecule has 30 heavy (non-hydrogen) atoms. The Labute approximate surface area is 173 Å². The Morgan fingerprint density at radius 3 is 2.80 bits per heavy atom. The number of fused-ring (bicyclic) bond motifs is 1. The first-order valence-corrected chi connectivity index (χ1v) is 9.49. The summed E-state index contributed by atoms with van der Waals surface area (Å²) in [5.74, 6) is 0.819. The SMILES string of the molecule is Cc1c(OC(=O)Nc2ccc(OCCN)c(-c3ccnn3C)c2)oc2ccccc12. The Morgan fingerprint density at radius 1 is 1.23 bits per heavy atom. The van der Waals surface area contributed by atoms with Crippen LogP contribution in [0, 0.1) is 6.92 Å². The number of carbonyl (C=O) groups is 1. The van der Waals surface area contributed by atoms with Crippen LogP contribution in [0.15, 0.2) is 59.1 Å². The van der Waals surface area contributed by atoms with Gasteiger partial charge in [0, 0.05) is 42.0 Å². The van der Waals surface area contributed by atoms with Gasteiger partial charge in [0.05, 0.1) is 5.69 Å². The minimum atomic E-state index is -0.649. The zero-order valence-electron chi connectivity index (χ0n) is 16.7. The van der Waals surface area contributed by atoms with E-state index in [0.29, 0.717) is 30.2 Å². The molecule has 2 aromatic heterocycles. The quantitative estimate of drug-likeness (QED) is 0.500. The summed E-state index contributed by atoms with van der Waals surface area (Å²) in [5.41, 5.74) is 9.15. The minimum Gasteiger partial charge on any atom is -0.492 e. The van der Waals surface area contributed by atoms with E-state index >= 15 is 0 Å². The van der Waals surface area contributed by atoms with Gasteiger partial charge in [-0.05, 0) is 37.3 Å². The summed E-state index contributed by atoms with van der Waals surface area (Å²) in [6.45, 7) is 2.62. The fourth-order valence-electron chi connectivity index (χ4n) is 3.22. The summed E-state index contributed by atoms with van der Waals surface area (Å²) in [4.78, 5) is 12.5. The Morgan fingerprint density at radius 2 is 2.07 bits per heavy atom. The highest BCUT2D eigenvalue weighted by Crippen LogP contribution is 2.33. The summed E-state index contributed by atoms with van der Waals surface area (Å²) in [5, 5.41) is 7.84. The van der Waals surface area contributed by atoms with Crippen LogP contribution in [0.5, 0.6) is 11.7 Å². The van der Waals surface area contributed by atoms with Gasteiger partial charge in [0.1, 0.15) is 17.9 Å². The van der Waals surface area contributed by atoms with Gasteiger partial charge in [0.15, 0.2) is 0 Å². The number of nitrogens with two attached hydrogens (primary N) is 1. The van der Waals surface area contributed by atoms with Crippen molar-refractivity contribution in [2.24, 2.45) is 12.8 Å². The third-order valence-corrected chi connectivity index (χ3v) is 4.68. The molecule has 2 aromatic carbocycles. The Hall–Kier alpha value is -3.78. The van der Waals surface area contributed by atoms with E-state index in [-0.39, 0.29) is 5.95 Å². The van der Waals surface area contributed by atoms with E-state index in [1.807, 2.05) is 44.3 Å². The molecule has 3 N–H and O–H groups in total. The second-order valence-electron chi connectivity index (χ2n) is 6.71. The van der Waals surface area contributed by atoms with Crippen molar-refractivity contribution >= 4 is 22.7 Å². The highest BCUT2D eigenvalue weighted by atomic mass is 16.6. The number of aromatic nitrogens is 2. The lowest BCUT2D eigenvalue weighted by molar-refractivity contribution is 0.203. The summed E-state index contributed by atoms with van der Waals surface area (Å²) in [7, 11) is 1.83. The first-order chi connectivity index (χ1) is 14.6. The number of nitrogens with one attached hydrogen (secondary N) is 1. The van der Waals surface area contributed by atoms with E-state index in [1.165, 1.54) is 0 Å². The van der Waals surface area contributed by atoms with E-state index in [1.54, 1.807) is 29.1 Å². The number of hydrogen-bond acceptors (Lipinski definition) is 6. The van der Waals surface area contributed by atoms with Crippen LogP contribution < -0.4 is 20.5 Å². The van der Waals surface area contributed by atoms with Crippen LogP contribution in [-0.2, 0) is 7.05 Å². The van der Waals surface area contributed by atoms with Gasteiger partial charge in [0.2, 0.25) is 0 Å². The molecule has 4 aromatic rings. The number of carbonyl (C=O) groups excluding carboxylic acids is 1. The standard InChI is InChI=1S/C22H22N4O4/c1-14-16-5-3-4-6-20(16)29-21(14)30-22(27)25-15-7-8-19(28-12-10-23)17(13-15)18-9-11-24-26(18)2/h3-9,11,13H,10,12,23H2,1-2H3,(H,25,27).